The number of rotatable bonds is 7. The normalized spacial score (nSPS) is 14.4. The van der Waals surface area contributed by atoms with Crippen molar-refractivity contribution in [2.45, 2.75) is 26.9 Å². The SMILES string of the molecule is CC[NH+]1CCN(c2ccc(C(=O)OC)cc2NC(=O)c2cccc(OC(C)C)c2)CC1. The fourth-order valence-corrected chi connectivity index (χ4v) is 3.75. The molecule has 0 radical (unpaired) electrons. The van der Waals surface area contributed by atoms with Crippen LogP contribution < -0.4 is 19.9 Å². The third kappa shape index (κ3) is 5.76. The Hall–Kier alpha value is -3.06. The summed E-state index contributed by atoms with van der Waals surface area (Å²) in [6.07, 6.45) is 0.0190. The maximum absolute atomic E-state index is 13.0. The third-order valence-electron chi connectivity index (χ3n) is 5.45. The first-order chi connectivity index (χ1) is 14.9. The molecule has 1 fully saturated rings. The van der Waals surface area contributed by atoms with Crippen LogP contribution in [-0.4, -0.2) is 57.8 Å². The number of piperazine rings is 1. The maximum Gasteiger partial charge on any atom is 0.337 e. The van der Waals surface area contributed by atoms with E-state index in [1.54, 1.807) is 35.2 Å². The topological polar surface area (TPSA) is 72.3 Å². The molecule has 1 saturated heterocycles. The van der Waals surface area contributed by atoms with Crippen LogP contribution in [-0.2, 0) is 4.74 Å². The highest BCUT2D eigenvalue weighted by molar-refractivity contribution is 6.07. The lowest BCUT2D eigenvalue weighted by Gasteiger charge is -2.34. The standard InChI is InChI=1S/C24H31N3O4/c1-5-26-11-13-27(14-12-26)22-10-9-19(24(29)30-4)16-21(22)25-23(28)18-7-6-8-20(15-18)31-17(2)3/h6-10,15-17H,5,11-14H2,1-4H3,(H,25,28)/p+1. The number of esters is 1. The zero-order valence-electron chi connectivity index (χ0n) is 18.7. The van der Waals surface area contributed by atoms with Gasteiger partial charge in [-0.3, -0.25) is 4.79 Å². The Bertz CT molecular complexity index is 921. The minimum Gasteiger partial charge on any atom is -0.491 e. The Labute approximate surface area is 183 Å². The van der Waals surface area contributed by atoms with Gasteiger partial charge in [-0.15, -0.1) is 0 Å². The molecule has 31 heavy (non-hydrogen) atoms. The average Bonchev–Trinajstić information content (AvgIpc) is 2.78. The van der Waals surface area contributed by atoms with Crippen molar-refractivity contribution in [2.24, 2.45) is 0 Å². The Morgan fingerprint density at radius 2 is 1.84 bits per heavy atom. The van der Waals surface area contributed by atoms with Crippen LogP contribution in [0.3, 0.4) is 0 Å². The molecule has 166 valence electrons. The minimum absolute atomic E-state index is 0.0190. The number of anilines is 2. The first kappa shape index (κ1) is 22.6. The zero-order chi connectivity index (χ0) is 22.4. The number of carbonyl (C=O) groups excluding carboxylic acids is 2. The van der Waals surface area contributed by atoms with Crippen LogP contribution in [0, 0.1) is 0 Å². The number of nitrogens with one attached hydrogen (secondary N) is 2. The fraction of sp³-hybridized carbons (Fsp3) is 0.417. The number of benzene rings is 2. The van der Waals surface area contributed by atoms with Crippen LogP contribution in [0.2, 0.25) is 0 Å². The van der Waals surface area contributed by atoms with Crippen LogP contribution in [0.5, 0.6) is 5.75 Å². The summed E-state index contributed by atoms with van der Waals surface area (Å²) in [6, 6.07) is 12.4. The van der Waals surface area contributed by atoms with E-state index >= 15 is 0 Å². The van der Waals surface area contributed by atoms with Gasteiger partial charge in [0.05, 0.1) is 62.9 Å². The quantitative estimate of drug-likeness (QED) is 0.665. The number of likely N-dealkylation sites (N-methyl/N-ethyl adjacent to an activating group) is 1. The number of hydrogen-bond acceptors (Lipinski definition) is 5. The Morgan fingerprint density at radius 3 is 2.48 bits per heavy atom. The molecule has 7 nitrogen and oxygen atoms in total. The lowest BCUT2D eigenvalue weighted by atomic mass is 10.1. The molecule has 1 aliphatic heterocycles. The molecule has 0 aromatic heterocycles. The highest BCUT2D eigenvalue weighted by Crippen LogP contribution is 2.29. The monoisotopic (exact) mass is 426 g/mol. The number of methoxy groups -OCH3 is 1. The molecule has 0 spiro atoms. The van der Waals surface area contributed by atoms with Gasteiger partial charge in [-0.05, 0) is 57.2 Å². The molecule has 0 bridgehead atoms. The largest absolute Gasteiger partial charge is 0.491 e. The van der Waals surface area contributed by atoms with Crippen molar-refractivity contribution in [3.05, 3.63) is 53.6 Å². The highest BCUT2D eigenvalue weighted by Gasteiger charge is 2.23. The van der Waals surface area contributed by atoms with Crippen LogP contribution in [0.4, 0.5) is 11.4 Å². The fourth-order valence-electron chi connectivity index (χ4n) is 3.75. The van der Waals surface area contributed by atoms with Crippen molar-refractivity contribution in [3.8, 4) is 5.75 Å². The molecule has 0 aliphatic carbocycles. The predicted molar refractivity (Wildman–Crippen MR) is 121 cm³/mol. The maximum atomic E-state index is 13.0. The molecule has 7 heteroatoms. The molecule has 1 amide bonds. The molecule has 0 unspecified atom stereocenters. The molecular formula is C24H32N3O4+. The lowest BCUT2D eigenvalue weighted by Crippen LogP contribution is -3.14. The van der Waals surface area contributed by atoms with Gasteiger partial charge in [0, 0.05) is 5.56 Å². The Morgan fingerprint density at radius 1 is 1.10 bits per heavy atom. The van der Waals surface area contributed by atoms with E-state index in [0.29, 0.717) is 22.6 Å². The second kappa shape index (κ2) is 10.3. The molecule has 3 rings (SSSR count). The summed E-state index contributed by atoms with van der Waals surface area (Å²) < 4.78 is 10.6. The summed E-state index contributed by atoms with van der Waals surface area (Å²) in [4.78, 5) is 28.9. The number of nitrogens with zero attached hydrogens (tertiary/aromatic N) is 1. The van der Waals surface area contributed by atoms with Crippen molar-refractivity contribution in [2.75, 3.05) is 50.1 Å². The van der Waals surface area contributed by atoms with Crippen molar-refractivity contribution in [1.82, 2.24) is 0 Å². The zero-order valence-corrected chi connectivity index (χ0v) is 18.7. The smallest absolute Gasteiger partial charge is 0.337 e. The molecule has 1 heterocycles. The van der Waals surface area contributed by atoms with E-state index in [0.717, 1.165) is 38.4 Å². The number of quaternary nitrogens is 1. The first-order valence-electron chi connectivity index (χ1n) is 10.8. The van der Waals surface area contributed by atoms with Crippen LogP contribution in [0.1, 0.15) is 41.5 Å². The van der Waals surface area contributed by atoms with E-state index in [4.69, 9.17) is 9.47 Å². The van der Waals surface area contributed by atoms with E-state index in [-0.39, 0.29) is 12.0 Å². The average molecular weight is 427 g/mol. The minimum atomic E-state index is -0.436. The molecule has 0 atom stereocenters. The summed E-state index contributed by atoms with van der Waals surface area (Å²) in [5, 5.41) is 3.00. The summed E-state index contributed by atoms with van der Waals surface area (Å²) in [5.41, 5.74) is 2.40. The van der Waals surface area contributed by atoms with Gasteiger partial charge >= 0.3 is 5.97 Å². The van der Waals surface area contributed by atoms with Crippen LogP contribution in [0.15, 0.2) is 42.5 Å². The summed E-state index contributed by atoms with van der Waals surface area (Å²) >= 11 is 0. The number of ether oxygens (including phenoxy) is 2. The molecule has 1 aliphatic rings. The van der Waals surface area contributed by atoms with E-state index in [1.165, 1.54) is 7.11 Å². The molecular weight excluding hydrogens is 394 g/mol. The number of hydrogen-bond donors (Lipinski definition) is 2. The van der Waals surface area contributed by atoms with E-state index < -0.39 is 5.97 Å². The van der Waals surface area contributed by atoms with Gasteiger partial charge < -0.3 is 24.6 Å². The second-order valence-corrected chi connectivity index (χ2v) is 7.96. The van der Waals surface area contributed by atoms with E-state index in [9.17, 15) is 9.59 Å². The summed E-state index contributed by atoms with van der Waals surface area (Å²) in [7, 11) is 1.35. The third-order valence-corrected chi connectivity index (χ3v) is 5.45. The molecule has 0 saturated carbocycles. The molecule has 2 aromatic carbocycles. The molecule has 2 N–H and O–H groups in total. The molecule has 2 aromatic rings. The number of carbonyl (C=O) groups is 2. The van der Waals surface area contributed by atoms with E-state index in [2.05, 4.69) is 17.1 Å². The van der Waals surface area contributed by atoms with Crippen molar-refractivity contribution >= 4 is 23.3 Å². The highest BCUT2D eigenvalue weighted by atomic mass is 16.5. The van der Waals surface area contributed by atoms with Gasteiger partial charge in [0.2, 0.25) is 0 Å². The lowest BCUT2D eigenvalue weighted by molar-refractivity contribution is -0.898. The van der Waals surface area contributed by atoms with Gasteiger partial charge in [0.15, 0.2) is 0 Å². The second-order valence-electron chi connectivity index (χ2n) is 7.96. The predicted octanol–water partition coefficient (Wildman–Crippen LogP) is 2.24. The van der Waals surface area contributed by atoms with Crippen molar-refractivity contribution in [1.29, 1.82) is 0 Å². The van der Waals surface area contributed by atoms with Gasteiger partial charge in [-0.2, -0.15) is 0 Å². The van der Waals surface area contributed by atoms with Crippen molar-refractivity contribution in [3.63, 3.8) is 0 Å². The van der Waals surface area contributed by atoms with Crippen molar-refractivity contribution < 1.29 is 24.0 Å². The van der Waals surface area contributed by atoms with Gasteiger partial charge in [0.1, 0.15) is 5.75 Å². The van der Waals surface area contributed by atoms with Crippen LogP contribution in [0.25, 0.3) is 0 Å². The number of amides is 1. The van der Waals surface area contributed by atoms with Gasteiger partial charge in [-0.25, -0.2) is 4.79 Å². The van der Waals surface area contributed by atoms with Gasteiger partial charge in [0.25, 0.3) is 5.91 Å². The summed E-state index contributed by atoms with van der Waals surface area (Å²) in [6.45, 7) is 11.0. The Kier molecular flexibility index (Phi) is 7.52. The van der Waals surface area contributed by atoms with Crippen LogP contribution >= 0.6 is 0 Å². The summed E-state index contributed by atoms with van der Waals surface area (Å²) in [5.74, 6) is -0.0465. The van der Waals surface area contributed by atoms with Gasteiger partial charge in [-0.1, -0.05) is 6.07 Å². The first-order valence-corrected chi connectivity index (χ1v) is 10.8. The Balaban J connectivity index is 1.87. The van der Waals surface area contributed by atoms with E-state index in [1.807, 2.05) is 26.0 Å².